The molecule has 0 spiro atoms. The van der Waals surface area contributed by atoms with Crippen molar-refractivity contribution in [1.82, 2.24) is 9.29 Å². The minimum atomic E-state index is -3.57. The standard InChI is InChI=1S/C24H27N3O3S/c1-15-7-10-21-20(13-15)18-5-4-6-19(23(18)25-21)24(28)27-12-11-16-8-9-17(14-22(16)27)31(29,30)26(2)3/h4-6,8-9,14-15,25H,7,10-13H2,1-3H3. The van der Waals surface area contributed by atoms with Gasteiger partial charge in [-0.3, -0.25) is 4.79 Å². The number of rotatable bonds is 3. The number of hydrogen-bond acceptors (Lipinski definition) is 3. The van der Waals surface area contributed by atoms with Gasteiger partial charge in [-0.15, -0.1) is 0 Å². The number of fused-ring (bicyclic) bond motifs is 4. The van der Waals surface area contributed by atoms with E-state index in [0.29, 0.717) is 23.7 Å². The number of para-hydroxylation sites is 1. The third kappa shape index (κ3) is 3.18. The lowest BCUT2D eigenvalue weighted by Gasteiger charge is -2.19. The minimum absolute atomic E-state index is 0.0876. The smallest absolute Gasteiger partial charge is 0.260 e. The van der Waals surface area contributed by atoms with Gasteiger partial charge in [0.25, 0.3) is 5.91 Å². The summed E-state index contributed by atoms with van der Waals surface area (Å²) in [6.07, 6.45) is 3.92. The number of carbonyl (C=O) groups is 1. The van der Waals surface area contributed by atoms with Gasteiger partial charge >= 0.3 is 0 Å². The molecule has 5 rings (SSSR count). The topological polar surface area (TPSA) is 73.5 Å². The number of nitrogens with zero attached hydrogens (tertiary/aromatic N) is 2. The number of nitrogens with one attached hydrogen (secondary N) is 1. The summed E-state index contributed by atoms with van der Waals surface area (Å²) < 4.78 is 26.4. The van der Waals surface area contributed by atoms with E-state index >= 15 is 0 Å². The van der Waals surface area contributed by atoms with Crippen LogP contribution in [0.4, 0.5) is 5.69 Å². The lowest BCUT2D eigenvalue weighted by Crippen LogP contribution is -2.29. The van der Waals surface area contributed by atoms with E-state index < -0.39 is 10.0 Å². The van der Waals surface area contributed by atoms with Crippen LogP contribution in [-0.4, -0.2) is 44.3 Å². The SMILES string of the molecule is CC1CCc2[nH]c3c(C(=O)N4CCc5ccc(S(=O)(=O)N(C)C)cc54)cccc3c2C1. The van der Waals surface area contributed by atoms with Gasteiger partial charge in [-0.1, -0.05) is 25.1 Å². The zero-order valence-electron chi connectivity index (χ0n) is 18.1. The fourth-order valence-corrected chi connectivity index (χ4v) is 5.80. The van der Waals surface area contributed by atoms with Gasteiger partial charge in [0.2, 0.25) is 10.0 Å². The van der Waals surface area contributed by atoms with Crippen molar-refractivity contribution in [3.8, 4) is 0 Å². The van der Waals surface area contributed by atoms with Crippen LogP contribution in [0.15, 0.2) is 41.3 Å². The monoisotopic (exact) mass is 437 g/mol. The summed E-state index contributed by atoms with van der Waals surface area (Å²) in [6, 6.07) is 11.0. The summed E-state index contributed by atoms with van der Waals surface area (Å²) in [4.78, 5) is 19.1. The normalized spacial score (nSPS) is 18.5. The molecular weight excluding hydrogens is 410 g/mol. The van der Waals surface area contributed by atoms with Crippen LogP contribution < -0.4 is 4.90 Å². The second-order valence-corrected chi connectivity index (χ2v) is 11.1. The molecule has 162 valence electrons. The maximum atomic E-state index is 13.6. The first-order valence-electron chi connectivity index (χ1n) is 10.8. The number of amides is 1. The van der Waals surface area contributed by atoms with Crippen molar-refractivity contribution in [2.24, 2.45) is 5.92 Å². The summed E-state index contributed by atoms with van der Waals surface area (Å²) in [7, 11) is -0.537. The van der Waals surface area contributed by atoms with E-state index in [1.807, 2.05) is 18.2 Å². The molecule has 3 aromatic rings. The van der Waals surface area contributed by atoms with Crippen molar-refractivity contribution in [3.05, 3.63) is 58.8 Å². The third-order valence-electron chi connectivity index (χ3n) is 6.68. The van der Waals surface area contributed by atoms with E-state index in [1.54, 1.807) is 17.0 Å². The van der Waals surface area contributed by atoms with Crippen LogP contribution in [0.3, 0.4) is 0 Å². The number of carbonyl (C=O) groups excluding carboxylic acids is 1. The van der Waals surface area contributed by atoms with Crippen molar-refractivity contribution in [3.63, 3.8) is 0 Å². The highest BCUT2D eigenvalue weighted by atomic mass is 32.2. The predicted octanol–water partition coefficient (Wildman–Crippen LogP) is 3.75. The first kappa shape index (κ1) is 20.3. The Morgan fingerprint density at radius 1 is 1.16 bits per heavy atom. The Morgan fingerprint density at radius 3 is 2.74 bits per heavy atom. The van der Waals surface area contributed by atoms with Gasteiger partial charge < -0.3 is 9.88 Å². The van der Waals surface area contributed by atoms with Crippen molar-refractivity contribution in [1.29, 1.82) is 0 Å². The van der Waals surface area contributed by atoms with Crippen LogP contribution in [-0.2, 0) is 29.3 Å². The van der Waals surface area contributed by atoms with Crippen LogP contribution in [0.2, 0.25) is 0 Å². The minimum Gasteiger partial charge on any atom is -0.358 e. The molecular formula is C24H27N3O3S. The zero-order valence-corrected chi connectivity index (χ0v) is 18.9. The molecule has 1 amide bonds. The molecule has 2 aromatic carbocycles. The van der Waals surface area contributed by atoms with Gasteiger partial charge in [0.1, 0.15) is 0 Å². The molecule has 0 saturated carbocycles. The molecule has 1 N–H and O–H groups in total. The average Bonchev–Trinajstić information content (AvgIpc) is 3.33. The number of anilines is 1. The van der Waals surface area contributed by atoms with Crippen LogP contribution >= 0.6 is 0 Å². The quantitative estimate of drug-likeness (QED) is 0.678. The fourth-order valence-electron chi connectivity index (χ4n) is 4.88. The molecule has 31 heavy (non-hydrogen) atoms. The Bertz CT molecular complexity index is 1310. The predicted molar refractivity (Wildman–Crippen MR) is 122 cm³/mol. The van der Waals surface area contributed by atoms with Crippen molar-refractivity contribution in [2.45, 2.75) is 37.5 Å². The highest BCUT2D eigenvalue weighted by molar-refractivity contribution is 7.89. The van der Waals surface area contributed by atoms with Crippen LogP contribution in [0.1, 0.15) is 40.5 Å². The highest BCUT2D eigenvalue weighted by Crippen LogP contribution is 2.36. The van der Waals surface area contributed by atoms with Gasteiger partial charge in [0.15, 0.2) is 0 Å². The highest BCUT2D eigenvalue weighted by Gasteiger charge is 2.30. The molecule has 1 aliphatic carbocycles. The molecule has 0 radical (unpaired) electrons. The fraction of sp³-hybridized carbons (Fsp3) is 0.375. The molecule has 1 aromatic heterocycles. The average molecular weight is 438 g/mol. The lowest BCUT2D eigenvalue weighted by atomic mass is 9.87. The van der Waals surface area contributed by atoms with Gasteiger partial charge in [-0.05, 0) is 60.9 Å². The first-order valence-corrected chi connectivity index (χ1v) is 12.2. The molecule has 0 fully saturated rings. The summed E-state index contributed by atoms with van der Waals surface area (Å²) in [6.45, 7) is 2.82. The second kappa shape index (κ2) is 7.21. The molecule has 7 heteroatoms. The van der Waals surface area contributed by atoms with E-state index in [-0.39, 0.29) is 10.8 Å². The van der Waals surface area contributed by atoms with Crippen LogP contribution in [0, 0.1) is 5.92 Å². The molecule has 1 aliphatic heterocycles. The third-order valence-corrected chi connectivity index (χ3v) is 8.49. The number of aryl methyl sites for hydroxylation is 1. The number of aromatic nitrogens is 1. The maximum absolute atomic E-state index is 13.6. The Balaban J connectivity index is 1.57. The molecule has 2 aliphatic rings. The van der Waals surface area contributed by atoms with E-state index in [9.17, 15) is 13.2 Å². The van der Waals surface area contributed by atoms with Gasteiger partial charge in [-0.2, -0.15) is 0 Å². The summed E-state index contributed by atoms with van der Waals surface area (Å²) >= 11 is 0. The molecule has 1 atom stereocenters. The molecule has 1 unspecified atom stereocenters. The van der Waals surface area contributed by atoms with Crippen LogP contribution in [0.25, 0.3) is 10.9 Å². The van der Waals surface area contributed by atoms with E-state index in [4.69, 9.17) is 0 Å². The van der Waals surface area contributed by atoms with E-state index in [2.05, 4.69) is 18.0 Å². The maximum Gasteiger partial charge on any atom is 0.260 e. The molecule has 0 saturated heterocycles. The molecule has 2 heterocycles. The Morgan fingerprint density at radius 2 is 1.97 bits per heavy atom. The van der Waals surface area contributed by atoms with Gasteiger partial charge in [0.05, 0.1) is 16.0 Å². The van der Waals surface area contributed by atoms with Crippen LogP contribution in [0.5, 0.6) is 0 Å². The summed E-state index contributed by atoms with van der Waals surface area (Å²) in [5, 5.41) is 1.13. The largest absolute Gasteiger partial charge is 0.358 e. The van der Waals surface area contributed by atoms with Crippen molar-refractivity contribution in [2.75, 3.05) is 25.5 Å². The lowest BCUT2D eigenvalue weighted by molar-refractivity contribution is 0.0990. The number of sulfonamides is 1. The Kier molecular flexibility index (Phi) is 4.71. The zero-order chi connectivity index (χ0) is 21.9. The number of aromatic amines is 1. The van der Waals surface area contributed by atoms with E-state index in [1.165, 1.54) is 29.7 Å². The van der Waals surface area contributed by atoms with E-state index in [0.717, 1.165) is 42.1 Å². The number of hydrogen-bond donors (Lipinski definition) is 1. The second-order valence-electron chi connectivity index (χ2n) is 8.94. The molecule has 6 nitrogen and oxygen atoms in total. The summed E-state index contributed by atoms with van der Waals surface area (Å²) in [5.41, 5.74) is 5.82. The number of H-pyrrole nitrogens is 1. The Hall–Kier alpha value is -2.64. The van der Waals surface area contributed by atoms with Gasteiger partial charge in [0, 0.05) is 37.4 Å². The summed E-state index contributed by atoms with van der Waals surface area (Å²) in [5.74, 6) is 0.559. The molecule has 0 bridgehead atoms. The van der Waals surface area contributed by atoms with Crippen molar-refractivity contribution < 1.29 is 13.2 Å². The number of benzene rings is 2. The van der Waals surface area contributed by atoms with Crippen molar-refractivity contribution >= 4 is 32.5 Å². The Labute approximate surface area is 182 Å². The first-order chi connectivity index (χ1) is 14.8. The van der Waals surface area contributed by atoms with Gasteiger partial charge in [-0.25, -0.2) is 12.7 Å².